The molecule has 0 spiro atoms. The van der Waals surface area contributed by atoms with E-state index in [1.54, 1.807) is 0 Å². The highest BCUT2D eigenvalue weighted by Gasteiger charge is 2.41. The summed E-state index contributed by atoms with van der Waals surface area (Å²) in [5.74, 6) is -0.218. The fourth-order valence-electron chi connectivity index (χ4n) is 2.83. The van der Waals surface area contributed by atoms with E-state index >= 15 is 0 Å². The minimum atomic E-state index is -0.513. The third-order valence-electron chi connectivity index (χ3n) is 4.17. The fourth-order valence-corrected chi connectivity index (χ4v) is 2.83. The number of rotatable bonds is 0. The molecule has 0 radical (unpaired) electrons. The van der Waals surface area contributed by atoms with E-state index < -0.39 is 6.10 Å². The minimum Gasteiger partial charge on any atom is -0.458 e. The molecule has 1 aliphatic carbocycles. The average molecular weight is 250 g/mol. The second-order valence-corrected chi connectivity index (χ2v) is 5.63. The van der Waals surface area contributed by atoms with Gasteiger partial charge in [-0.15, -0.1) is 0 Å². The van der Waals surface area contributed by atoms with E-state index in [2.05, 4.69) is 19.6 Å². The Hall–Kier alpha value is -1.09. The van der Waals surface area contributed by atoms with Gasteiger partial charge in [0.1, 0.15) is 6.10 Å². The zero-order valence-corrected chi connectivity index (χ0v) is 11.2. The Balaban J connectivity index is 2.24. The quantitative estimate of drug-likeness (QED) is 0.531. The second-order valence-electron chi connectivity index (χ2n) is 5.63. The summed E-state index contributed by atoms with van der Waals surface area (Å²) in [5.41, 5.74) is 2.14. The van der Waals surface area contributed by atoms with Crippen molar-refractivity contribution in [3.63, 3.8) is 0 Å². The van der Waals surface area contributed by atoms with Gasteiger partial charge < -0.3 is 9.84 Å². The van der Waals surface area contributed by atoms with Crippen molar-refractivity contribution in [2.45, 2.75) is 51.7 Å². The first-order chi connectivity index (χ1) is 8.49. The van der Waals surface area contributed by atoms with Gasteiger partial charge in [-0.3, -0.25) is 4.79 Å². The molecular weight excluding hydrogens is 228 g/mol. The summed E-state index contributed by atoms with van der Waals surface area (Å²) in [6.45, 7) is 7.92. The molecule has 0 amide bonds. The molecule has 0 unspecified atom stereocenters. The second kappa shape index (κ2) is 5.27. The van der Waals surface area contributed by atoms with E-state index in [1.807, 2.05) is 6.92 Å². The van der Waals surface area contributed by atoms with Gasteiger partial charge in [0.15, 0.2) is 0 Å². The van der Waals surface area contributed by atoms with Crippen LogP contribution in [0.2, 0.25) is 0 Å². The molecule has 2 rings (SSSR count). The molecular formula is C15H22O3. The molecule has 1 heterocycles. The van der Waals surface area contributed by atoms with Gasteiger partial charge in [0, 0.05) is 5.92 Å². The lowest BCUT2D eigenvalue weighted by atomic mass is 9.83. The summed E-state index contributed by atoms with van der Waals surface area (Å²) in [6, 6.07) is 0. The average Bonchev–Trinajstić information content (AvgIpc) is 2.56. The molecule has 0 aromatic rings. The topological polar surface area (TPSA) is 46.5 Å². The third-order valence-corrected chi connectivity index (χ3v) is 4.17. The Morgan fingerprint density at radius 3 is 2.89 bits per heavy atom. The van der Waals surface area contributed by atoms with E-state index in [0.29, 0.717) is 6.42 Å². The largest absolute Gasteiger partial charge is 0.458 e. The Morgan fingerprint density at radius 1 is 1.44 bits per heavy atom. The summed E-state index contributed by atoms with van der Waals surface area (Å²) in [4.78, 5) is 11.7. The van der Waals surface area contributed by atoms with Crippen LogP contribution in [0.3, 0.4) is 0 Å². The van der Waals surface area contributed by atoms with Crippen LogP contribution in [-0.4, -0.2) is 23.3 Å². The first-order valence-corrected chi connectivity index (χ1v) is 6.72. The van der Waals surface area contributed by atoms with Crippen molar-refractivity contribution in [3.05, 3.63) is 23.8 Å². The van der Waals surface area contributed by atoms with Crippen LogP contribution in [0.15, 0.2) is 23.8 Å². The van der Waals surface area contributed by atoms with Gasteiger partial charge >= 0.3 is 5.97 Å². The highest BCUT2D eigenvalue weighted by molar-refractivity contribution is 5.75. The van der Waals surface area contributed by atoms with Gasteiger partial charge in [-0.25, -0.2) is 0 Å². The predicted octanol–water partition coefficient (Wildman–Crippen LogP) is 2.60. The molecule has 18 heavy (non-hydrogen) atoms. The number of hydrogen-bond donors (Lipinski definition) is 1. The third kappa shape index (κ3) is 2.66. The van der Waals surface area contributed by atoms with E-state index in [9.17, 15) is 9.90 Å². The van der Waals surface area contributed by atoms with Crippen LogP contribution >= 0.6 is 0 Å². The van der Waals surface area contributed by atoms with Gasteiger partial charge in [-0.05, 0) is 44.3 Å². The first-order valence-electron chi connectivity index (χ1n) is 6.72. The summed E-state index contributed by atoms with van der Waals surface area (Å²) in [7, 11) is 0. The number of aliphatic hydroxyl groups excluding tert-OH is 1. The standard InChI is InChI=1S/C15H22O3/c1-9-5-4-6-10(2)13(16)8-12-11(3)15(17)18-14(12)7-9/h7,11-14,16H,2,4-6,8H2,1,3H3/b9-7-/t11-,12-,13-,14+/m0/s1. The van der Waals surface area contributed by atoms with Gasteiger partial charge in [-0.2, -0.15) is 0 Å². The summed E-state index contributed by atoms with van der Waals surface area (Å²) >= 11 is 0. The SMILES string of the molecule is C=C1CCC/C(C)=C\[C@H]2OC(=O)[C@@H](C)[C@@H]2C[C@@H]1O. The van der Waals surface area contributed by atoms with Gasteiger partial charge in [0.25, 0.3) is 0 Å². The van der Waals surface area contributed by atoms with Crippen molar-refractivity contribution in [1.82, 2.24) is 0 Å². The lowest BCUT2D eigenvalue weighted by molar-refractivity contribution is -0.142. The van der Waals surface area contributed by atoms with Crippen molar-refractivity contribution in [2.24, 2.45) is 11.8 Å². The Kier molecular flexibility index (Phi) is 3.91. The van der Waals surface area contributed by atoms with Crippen molar-refractivity contribution >= 4 is 5.97 Å². The molecule has 3 nitrogen and oxygen atoms in total. The van der Waals surface area contributed by atoms with Crippen molar-refractivity contribution in [3.8, 4) is 0 Å². The van der Waals surface area contributed by atoms with Gasteiger partial charge in [0.05, 0.1) is 12.0 Å². The molecule has 1 saturated heterocycles. The molecule has 0 aromatic heterocycles. The van der Waals surface area contributed by atoms with Crippen molar-refractivity contribution in [1.29, 1.82) is 0 Å². The minimum absolute atomic E-state index is 0.0669. The smallest absolute Gasteiger partial charge is 0.309 e. The van der Waals surface area contributed by atoms with Crippen LogP contribution in [0.25, 0.3) is 0 Å². The number of carbonyl (C=O) groups is 1. The number of aliphatic hydroxyl groups is 1. The number of fused-ring (bicyclic) bond motifs is 1. The van der Waals surface area contributed by atoms with Crippen molar-refractivity contribution < 1.29 is 14.6 Å². The number of carbonyl (C=O) groups excluding carboxylic acids is 1. The van der Waals surface area contributed by atoms with Crippen LogP contribution in [0.4, 0.5) is 0 Å². The fraction of sp³-hybridized carbons (Fsp3) is 0.667. The molecule has 2 aliphatic rings. The van der Waals surface area contributed by atoms with Crippen LogP contribution in [0.1, 0.15) is 39.5 Å². The highest BCUT2D eigenvalue weighted by atomic mass is 16.6. The van der Waals surface area contributed by atoms with Crippen LogP contribution in [0, 0.1) is 11.8 Å². The summed E-state index contributed by atoms with van der Waals surface area (Å²) in [6.07, 6.45) is 4.77. The Labute approximate surface area is 109 Å². The maximum Gasteiger partial charge on any atom is 0.309 e. The van der Waals surface area contributed by atoms with Crippen molar-refractivity contribution in [2.75, 3.05) is 0 Å². The number of allylic oxidation sites excluding steroid dienone is 1. The molecule has 3 heteroatoms. The number of ether oxygens (including phenoxy) is 1. The molecule has 100 valence electrons. The van der Waals surface area contributed by atoms with Gasteiger partial charge in [0.2, 0.25) is 0 Å². The Morgan fingerprint density at radius 2 is 2.17 bits per heavy atom. The molecule has 1 fully saturated rings. The zero-order valence-electron chi connectivity index (χ0n) is 11.2. The lowest BCUT2D eigenvalue weighted by Gasteiger charge is -2.23. The van der Waals surface area contributed by atoms with Crippen LogP contribution in [-0.2, 0) is 9.53 Å². The molecule has 0 aromatic carbocycles. The predicted molar refractivity (Wildman–Crippen MR) is 69.9 cm³/mol. The van der Waals surface area contributed by atoms with Crippen LogP contribution < -0.4 is 0 Å². The monoisotopic (exact) mass is 250 g/mol. The summed E-state index contributed by atoms with van der Waals surface area (Å²) < 4.78 is 5.41. The van der Waals surface area contributed by atoms with E-state index in [-0.39, 0.29) is 23.9 Å². The maximum absolute atomic E-state index is 11.7. The number of esters is 1. The maximum atomic E-state index is 11.7. The van der Waals surface area contributed by atoms with Crippen LogP contribution in [0.5, 0.6) is 0 Å². The zero-order chi connectivity index (χ0) is 13.3. The lowest BCUT2D eigenvalue weighted by Crippen LogP contribution is -2.25. The van der Waals surface area contributed by atoms with E-state index in [1.165, 1.54) is 5.57 Å². The molecule has 4 atom stereocenters. The molecule has 0 bridgehead atoms. The molecule has 1 N–H and O–H groups in total. The molecule has 0 saturated carbocycles. The Bertz CT molecular complexity index is 383. The molecule has 1 aliphatic heterocycles. The van der Waals surface area contributed by atoms with Gasteiger partial charge in [-0.1, -0.05) is 19.1 Å². The normalized spacial score (nSPS) is 40.7. The highest BCUT2D eigenvalue weighted by Crippen LogP contribution is 2.35. The first kappa shape index (κ1) is 13.3. The van der Waals surface area contributed by atoms with E-state index in [0.717, 1.165) is 24.8 Å². The summed E-state index contributed by atoms with van der Waals surface area (Å²) in [5, 5.41) is 10.1. The van der Waals surface area contributed by atoms with E-state index in [4.69, 9.17) is 4.74 Å². The number of hydrogen-bond acceptors (Lipinski definition) is 3.